The second-order valence-corrected chi connectivity index (χ2v) is 3.47. The molecule has 4 heteroatoms. The minimum Gasteiger partial charge on any atom is -0.481 e. The van der Waals surface area contributed by atoms with Crippen molar-refractivity contribution in [1.29, 1.82) is 0 Å². The lowest BCUT2D eigenvalue weighted by atomic mass is 9.78. The Hall–Kier alpha value is -0.610. The van der Waals surface area contributed by atoms with Gasteiger partial charge in [0, 0.05) is 11.8 Å². The number of carbonyl (C=O) groups is 1. The third-order valence-corrected chi connectivity index (χ3v) is 2.39. The largest absolute Gasteiger partial charge is 0.481 e. The minimum atomic E-state index is -0.907. The second-order valence-electron chi connectivity index (χ2n) is 3.47. The number of carboxylic acids is 1. The summed E-state index contributed by atoms with van der Waals surface area (Å²) in [6.45, 7) is 2.98. The molecule has 0 amide bonds. The van der Waals surface area contributed by atoms with Crippen molar-refractivity contribution in [3.05, 3.63) is 0 Å². The smallest absolute Gasteiger partial charge is 0.303 e. The van der Waals surface area contributed by atoms with Crippen molar-refractivity contribution >= 4 is 5.97 Å². The lowest BCUT2D eigenvalue weighted by Gasteiger charge is -2.30. The van der Waals surface area contributed by atoms with E-state index in [1.165, 1.54) is 0 Å². The van der Waals surface area contributed by atoms with Gasteiger partial charge < -0.3 is 15.3 Å². The van der Waals surface area contributed by atoms with Gasteiger partial charge in [-0.15, -0.1) is 0 Å². The molecule has 0 aliphatic rings. The average molecular weight is 176 g/mol. The number of rotatable bonds is 5. The first-order valence-corrected chi connectivity index (χ1v) is 3.90. The Morgan fingerprint density at radius 2 is 1.83 bits per heavy atom. The number of hydrogen-bond acceptors (Lipinski definition) is 3. The van der Waals surface area contributed by atoms with Crippen molar-refractivity contribution in [1.82, 2.24) is 0 Å². The maximum Gasteiger partial charge on any atom is 0.303 e. The SMILES string of the molecule is CC(CC(=O)O)C(C)(CO)CO. The second kappa shape index (κ2) is 4.42. The molecule has 1 unspecified atom stereocenters. The predicted molar refractivity (Wildman–Crippen MR) is 43.7 cm³/mol. The fraction of sp³-hybridized carbons (Fsp3) is 0.875. The van der Waals surface area contributed by atoms with Crippen LogP contribution in [0.15, 0.2) is 0 Å². The zero-order valence-corrected chi connectivity index (χ0v) is 7.45. The predicted octanol–water partition coefficient (Wildman–Crippen LogP) is 0.0881. The van der Waals surface area contributed by atoms with Crippen LogP contribution in [0.3, 0.4) is 0 Å². The first kappa shape index (κ1) is 11.4. The molecule has 0 aliphatic carbocycles. The van der Waals surface area contributed by atoms with Gasteiger partial charge in [0.05, 0.1) is 13.2 Å². The molecule has 0 saturated carbocycles. The van der Waals surface area contributed by atoms with Gasteiger partial charge in [-0.2, -0.15) is 0 Å². The number of carboxylic acid groups (broad SMARTS) is 1. The van der Waals surface area contributed by atoms with E-state index in [1.54, 1.807) is 13.8 Å². The van der Waals surface area contributed by atoms with Crippen LogP contribution in [0.25, 0.3) is 0 Å². The maximum atomic E-state index is 10.3. The molecule has 72 valence electrons. The van der Waals surface area contributed by atoms with Crippen LogP contribution < -0.4 is 0 Å². The minimum absolute atomic E-state index is 0.0301. The van der Waals surface area contributed by atoms with E-state index in [1.807, 2.05) is 0 Å². The summed E-state index contributed by atoms with van der Waals surface area (Å²) in [6, 6.07) is 0. The van der Waals surface area contributed by atoms with E-state index < -0.39 is 11.4 Å². The summed E-state index contributed by atoms with van der Waals surface area (Å²) in [6.07, 6.45) is -0.0301. The van der Waals surface area contributed by atoms with Crippen LogP contribution in [-0.2, 0) is 4.79 Å². The Kier molecular flexibility index (Phi) is 4.20. The van der Waals surface area contributed by atoms with Gasteiger partial charge in [-0.1, -0.05) is 13.8 Å². The standard InChI is InChI=1S/C8H16O4/c1-6(3-7(11)12)8(2,4-9)5-10/h6,9-10H,3-5H2,1-2H3,(H,11,12). The van der Waals surface area contributed by atoms with E-state index in [0.717, 1.165) is 0 Å². The molecule has 12 heavy (non-hydrogen) atoms. The van der Waals surface area contributed by atoms with Crippen molar-refractivity contribution in [3.63, 3.8) is 0 Å². The molecule has 1 atom stereocenters. The molecule has 0 heterocycles. The summed E-state index contributed by atoms with van der Waals surface area (Å²) < 4.78 is 0. The zero-order chi connectivity index (χ0) is 9.78. The summed E-state index contributed by atoms with van der Waals surface area (Å²) in [4.78, 5) is 10.3. The zero-order valence-electron chi connectivity index (χ0n) is 7.45. The van der Waals surface area contributed by atoms with Crippen molar-refractivity contribution in [2.24, 2.45) is 11.3 Å². The highest BCUT2D eigenvalue weighted by molar-refractivity contribution is 5.67. The van der Waals surface area contributed by atoms with Gasteiger partial charge in [-0.3, -0.25) is 4.79 Å². The fourth-order valence-electron chi connectivity index (χ4n) is 0.870. The van der Waals surface area contributed by atoms with Crippen molar-refractivity contribution in [2.75, 3.05) is 13.2 Å². The lowest BCUT2D eigenvalue weighted by Crippen LogP contribution is -2.34. The molecule has 0 aromatic rings. The van der Waals surface area contributed by atoms with E-state index in [9.17, 15) is 4.79 Å². The summed E-state index contributed by atoms with van der Waals surface area (Å²) >= 11 is 0. The normalized spacial score (nSPS) is 14.3. The van der Waals surface area contributed by atoms with E-state index >= 15 is 0 Å². The Morgan fingerprint density at radius 3 is 2.08 bits per heavy atom. The molecule has 0 aromatic carbocycles. The molecule has 0 bridgehead atoms. The fourth-order valence-corrected chi connectivity index (χ4v) is 0.870. The number of aliphatic hydroxyl groups is 2. The molecule has 0 fully saturated rings. The quantitative estimate of drug-likeness (QED) is 0.554. The molecule has 0 rings (SSSR count). The molecule has 0 aromatic heterocycles. The van der Waals surface area contributed by atoms with E-state index in [4.69, 9.17) is 15.3 Å². The average Bonchev–Trinajstić information content (AvgIpc) is 2.02. The molecule has 0 radical (unpaired) electrons. The van der Waals surface area contributed by atoms with E-state index in [-0.39, 0.29) is 25.6 Å². The first-order chi connectivity index (χ1) is 5.46. The highest BCUT2D eigenvalue weighted by Crippen LogP contribution is 2.28. The molecule has 0 saturated heterocycles. The van der Waals surface area contributed by atoms with Gasteiger partial charge >= 0.3 is 5.97 Å². The first-order valence-electron chi connectivity index (χ1n) is 3.90. The van der Waals surface area contributed by atoms with Crippen molar-refractivity contribution in [2.45, 2.75) is 20.3 Å². The van der Waals surface area contributed by atoms with Gasteiger partial charge in [0.2, 0.25) is 0 Å². The van der Waals surface area contributed by atoms with E-state index in [0.29, 0.717) is 0 Å². The Morgan fingerprint density at radius 1 is 1.42 bits per heavy atom. The number of hydrogen-bond donors (Lipinski definition) is 3. The van der Waals surface area contributed by atoms with Crippen LogP contribution in [-0.4, -0.2) is 34.5 Å². The molecule has 4 nitrogen and oxygen atoms in total. The van der Waals surface area contributed by atoms with Crippen LogP contribution in [0.2, 0.25) is 0 Å². The molecule has 0 spiro atoms. The summed E-state index contributed by atoms with van der Waals surface area (Å²) in [5.74, 6) is -1.14. The third kappa shape index (κ3) is 2.79. The van der Waals surface area contributed by atoms with Crippen LogP contribution in [0.5, 0.6) is 0 Å². The van der Waals surface area contributed by atoms with Crippen LogP contribution >= 0.6 is 0 Å². The van der Waals surface area contributed by atoms with Crippen molar-refractivity contribution < 1.29 is 20.1 Å². The Bertz CT molecular complexity index is 151. The van der Waals surface area contributed by atoms with E-state index in [2.05, 4.69) is 0 Å². The highest BCUT2D eigenvalue weighted by Gasteiger charge is 2.31. The van der Waals surface area contributed by atoms with Gasteiger partial charge in [-0.05, 0) is 5.92 Å². The molecular formula is C8H16O4. The summed E-state index contributed by atoms with van der Waals surface area (Å²) in [7, 11) is 0. The number of aliphatic carboxylic acids is 1. The molecular weight excluding hydrogens is 160 g/mol. The molecule has 3 N–H and O–H groups in total. The maximum absolute atomic E-state index is 10.3. The highest BCUT2D eigenvalue weighted by atomic mass is 16.4. The number of aliphatic hydroxyl groups excluding tert-OH is 2. The van der Waals surface area contributed by atoms with Crippen LogP contribution in [0, 0.1) is 11.3 Å². The Balaban J connectivity index is 4.20. The monoisotopic (exact) mass is 176 g/mol. The van der Waals surface area contributed by atoms with Crippen LogP contribution in [0.4, 0.5) is 0 Å². The van der Waals surface area contributed by atoms with Gasteiger partial charge in [0.25, 0.3) is 0 Å². The molecule has 0 aliphatic heterocycles. The van der Waals surface area contributed by atoms with Gasteiger partial charge in [0.15, 0.2) is 0 Å². The summed E-state index contributed by atoms with van der Waals surface area (Å²) in [5.41, 5.74) is -0.696. The van der Waals surface area contributed by atoms with Crippen LogP contribution in [0.1, 0.15) is 20.3 Å². The van der Waals surface area contributed by atoms with Gasteiger partial charge in [-0.25, -0.2) is 0 Å². The third-order valence-electron chi connectivity index (χ3n) is 2.39. The topological polar surface area (TPSA) is 77.8 Å². The van der Waals surface area contributed by atoms with Gasteiger partial charge in [0.1, 0.15) is 0 Å². The summed E-state index contributed by atoms with van der Waals surface area (Å²) in [5, 5.41) is 26.3. The van der Waals surface area contributed by atoms with Crippen molar-refractivity contribution in [3.8, 4) is 0 Å². The Labute approximate surface area is 71.8 Å². The lowest BCUT2D eigenvalue weighted by molar-refractivity contribution is -0.139.